The topological polar surface area (TPSA) is 42.5 Å². The molecule has 0 spiro atoms. The second kappa shape index (κ2) is 12.3. The summed E-state index contributed by atoms with van der Waals surface area (Å²) >= 11 is 0. The summed E-state index contributed by atoms with van der Waals surface area (Å²) in [6.45, 7) is 2.24. The summed E-state index contributed by atoms with van der Waals surface area (Å²) in [5, 5.41) is 11.4. The van der Waals surface area contributed by atoms with E-state index < -0.39 is 0 Å². The lowest BCUT2D eigenvalue weighted by Crippen LogP contribution is -2.13. The van der Waals surface area contributed by atoms with Crippen molar-refractivity contribution in [3.8, 4) is 33.5 Å². The van der Waals surface area contributed by atoms with Crippen LogP contribution in [0, 0.1) is 0 Å². The van der Waals surface area contributed by atoms with Gasteiger partial charge in [-0.25, -0.2) is 4.98 Å². The highest BCUT2D eigenvalue weighted by atomic mass is 16.3. The molecule has 0 fully saturated rings. The molecule has 11 aromatic rings. The third-order valence-corrected chi connectivity index (χ3v) is 13.0. The van der Waals surface area contributed by atoms with Crippen LogP contribution in [0.25, 0.3) is 106 Å². The third-order valence-electron chi connectivity index (χ3n) is 13.0. The number of anilines is 1. The lowest BCUT2D eigenvalue weighted by atomic mass is 9.93. The van der Waals surface area contributed by atoms with Crippen molar-refractivity contribution < 1.29 is 4.42 Å². The molecule has 4 aromatic heterocycles. The number of hydrogen-bond donors (Lipinski definition) is 1. The highest BCUT2D eigenvalue weighted by Crippen LogP contribution is 2.44. The van der Waals surface area contributed by atoms with Gasteiger partial charge in [-0.1, -0.05) is 153 Å². The van der Waals surface area contributed by atoms with Crippen LogP contribution in [0.5, 0.6) is 0 Å². The Morgan fingerprint density at radius 1 is 0.627 bits per heavy atom. The van der Waals surface area contributed by atoms with Crippen LogP contribution in [0.1, 0.15) is 47.8 Å². The number of nitrogens with zero attached hydrogens (tertiary/aromatic N) is 2. The molecular formula is C55H37N3O. The Bertz CT molecular complexity index is 3480. The molecule has 0 bridgehead atoms. The number of fused-ring (bicyclic) bond motifs is 12. The Hall–Kier alpha value is -7.43. The van der Waals surface area contributed by atoms with Gasteiger partial charge in [-0.2, -0.15) is 0 Å². The molecule has 4 heteroatoms. The predicted molar refractivity (Wildman–Crippen MR) is 246 cm³/mol. The number of rotatable bonds is 4. The van der Waals surface area contributed by atoms with E-state index in [1.165, 1.54) is 65.7 Å². The van der Waals surface area contributed by atoms with Crippen LogP contribution in [0.4, 0.5) is 5.69 Å². The Kier molecular flexibility index (Phi) is 6.80. The average molecular weight is 756 g/mol. The third kappa shape index (κ3) is 4.80. The largest absolute Gasteiger partial charge is 0.459 e. The van der Waals surface area contributed by atoms with Gasteiger partial charge in [0.05, 0.1) is 39.5 Å². The van der Waals surface area contributed by atoms with Crippen molar-refractivity contribution in [1.29, 1.82) is 0 Å². The molecule has 2 atom stereocenters. The van der Waals surface area contributed by atoms with Gasteiger partial charge >= 0.3 is 0 Å². The van der Waals surface area contributed by atoms with Crippen molar-refractivity contribution in [2.75, 3.05) is 5.32 Å². The van der Waals surface area contributed by atoms with E-state index >= 15 is 0 Å². The minimum absolute atomic E-state index is 0.0188. The highest BCUT2D eigenvalue weighted by molar-refractivity contribution is 6.24. The minimum atomic E-state index is 0.0188. The van der Waals surface area contributed by atoms with Crippen LogP contribution >= 0.6 is 0 Å². The van der Waals surface area contributed by atoms with Gasteiger partial charge in [0.15, 0.2) is 0 Å². The van der Waals surface area contributed by atoms with Crippen molar-refractivity contribution in [2.24, 2.45) is 0 Å². The zero-order valence-electron chi connectivity index (χ0n) is 32.4. The Balaban J connectivity index is 0.819. The second-order valence-electron chi connectivity index (χ2n) is 16.4. The van der Waals surface area contributed by atoms with Gasteiger partial charge in [0, 0.05) is 54.9 Å². The van der Waals surface area contributed by atoms with Crippen molar-refractivity contribution in [3.63, 3.8) is 0 Å². The molecule has 5 heterocycles. The van der Waals surface area contributed by atoms with E-state index in [0.717, 1.165) is 62.3 Å². The fourth-order valence-corrected chi connectivity index (χ4v) is 9.99. The van der Waals surface area contributed by atoms with Crippen LogP contribution in [-0.2, 0) is 0 Å². The van der Waals surface area contributed by atoms with E-state index in [4.69, 9.17) is 9.40 Å². The van der Waals surface area contributed by atoms with Gasteiger partial charge in [-0.15, -0.1) is 0 Å². The van der Waals surface area contributed by atoms with Gasteiger partial charge in [0.1, 0.15) is 11.3 Å². The van der Waals surface area contributed by atoms with Gasteiger partial charge < -0.3 is 14.1 Å². The fourth-order valence-electron chi connectivity index (χ4n) is 9.99. The van der Waals surface area contributed by atoms with Gasteiger partial charge in [0.25, 0.3) is 0 Å². The number of nitrogens with one attached hydrogen (secondary N) is 1. The van der Waals surface area contributed by atoms with Gasteiger partial charge in [0.2, 0.25) is 0 Å². The number of hydrogen-bond acceptors (Lipinski definition) is 3. The summed E-state index contributed by atoms with van der Waals surface area (Å²) in [7, 11) is 0. The quantitative estimate of drug-likeness (QED) is 0.194. The van der Waals surface area contributed by atoms with Crippen LogP contribution in [-0.4, -0.2) is 9.38 Å². The number of allylic oxidation sites excluding steroid dienone is 1. The van der Waals surface area contributed by atoms with Crippen LogP contribution in [0.2, 0.25) is 0 Å². The average Bonchev–Trinajstić information content (AvgIpc) is 3.97. The lowest BCUT2D eigenvalue weighted by molar-refractivity contribution is 0.504. The molecule has 7 aromatic carbocycles. The molecule has 1 aliphatic carbocycles. The molecule has 1 aliphatic heterocycles. The number of aromatic nitrogens is 2. The Labute approximate surface area is 340 Å². The molecule has 0 saturated carbocycles. The minimum Gasteiger partial charge on any atom is -0.459 e. The normalized spacial score (nSPS) is 16.2. The van der Waals surface area contributed by atoms with Crippen molar-refractivity contribution in [1.82, 2.24) is 9.38 Å². The summed E-state index contributed by atoms with van der Waals surface area (Å²) in [6, 6.07) is 55.3. The zero-order valence-corrected chi connectivity index (χ0v) is 32.4. The molecular weight excluding hydrogens is 719 g/mol. The van der Waals surface area contributed by atoms with E-state index in [2.05, 4.69) is 193 Å². The summed E-state index contributed by atoms with van der Waals surface area (Å²) in [5.41, 5.74) is 17.2. The standard InChI is InChI=1S/C55H37N3O/c1-32-8-6-12-43-44-13-7-11-40(55(44)59-54(32)43)34-18-22-36(23-19-34)48-29-27-38-25-24-37-26-28-47(56-51(37)52(38)57-48)35-20-16-33(17-21-35)39-30-45-41-9-2-4-14-49(41)58-50-15-5-3-10-42(50)46(31-39)53(45)58/h2-7,9-32,47,56H,8H2,1H3. The number of pyridine rings is 1. The molecule has 2 unspecified atom stereocenters. The smallest absolute Gasteiger partial charge is 0.142 e. The molecule has 0 saturated heterocycles. The summed E-state index contributed by atoms with van der Waals surface area (Å²) in [6.07, 6.45) is 9.99. The summed E-state index contributed by atoms with van der Waals surface area (Å²) in [4.78, 5) is 5.30. The van der Waals surface area contributed by atoms with Gasteiger partial charge in [-0.3, -0.25) is 0 Å². The highest BCUT2D eigenvalue weighted by Gasteiger charge is 2.23. The zero-order chi connectivity index (χ0) is 38.8. The van der Waals surface area contributed by atoms with E-state index in [-0.39, 0.29) is 6.04 Å². The summed E-state index contributed by atoms with van der Waals surface area (Å²) < 4.78 is 8.98. The van der Waals surface area contributed by atoms with E-state index in [1.54, 1.807) is 0 Å². The second-order valence-corrected chi connectivity index (χ2v) is 16.4. The maximum absolute atomic E-state index is 6.54. The maximum atomic E-state index is 6.54. The van der Waals surface area contributed by atoms with E-state index in [1.807, 2.05) is 0 Å². The molecule has 13 rings (SSSR count). The molecule has 278 valence electrons. The Morgan fingerprint density at radius 2 is 1.32 bits per heavy atom. The SMILES string of the molecule is CC1CC=Cc2c1oc1c(-c3ccc(-c4ccc5ccc6c(c5n4)NC(c4ccc(-c5cc7c8ccccc8n8c9ccccc9c(c5)c78)cc4)C=C6)cc3)cccc21. The number of para-hydroxylation sites is 3. The first-order chi connectivity index (χ1) is 29.1. The fraction of sp³-hybridized carbons (Fsp3) is 0.0727. The molecule has 0 radical (unpaired) electrons. The first-order valence-electron chi connectivity index (χ1n) is 20.6. The number of furan rings is 1. The van der Waals surface area contributed by atoms with E-state index in [0.29, 0.717) is 5.92 Å². The Morgan fingerprint density at radius 3 is 2.10 bits per heavy atom. The van der Waals surface area contributed by atoms with Crippen LogP contribution in [0.15, 0.2) is 168 Å². The molecule has 59 heavy (non-hydrogen) atoms. The van der Waals surface area contributed by atoms with Crippen LogP contribution < -0.4 is 5.32 Å². The van der Waals surface area contributed by atoms with E-state index in [9.17, 15) is 0 Å². The molecule has 1 N–H and O–H groups in total. The summed E-state index contributed by atoms with van der Waals surface area (Å²) in [5.74, 6) is 1.48. The molecule has 4 nitrogen and oxygen atoms in total. The van der Waals surface area contributed by atoms with Gasteiger partial charge in [-0.05, 0) is 64.6 Å². The molecule has 0 amide bonds. The maximum Gasteiger partial charge on any atom is 0.142 e. The monoisotopic (exact) mass is 755 g/mol. The molecule has 2 aliphatic rings. The number of benzene rings is 7. The lowest BCUT2D eigenvalue weighted by Gasteiger charge is -2.24. The first-order valence-corrected chi connectivity index (χ1v) is 20.6. The van der Waals surface area contributed by atoms with Crippen molar-refractivity contribution in [3.05, 3.63) is 186 Å². The first kappa shape index (κ1) is 32.6. The predicted octanol–water partition coefficient (Wildman–Crippen LogP) is 14.8. The van der Waals surface area contributed by atoms with Crippen molar-refractivity contribution >= 4 is 77.8 Å². The van der Waals surface area contributed by atoms with Crippen LogP contribution in [0.3, 0.4) is 0 Å². The van der Waals surface area contributed by atoms with Crippen molar-refractivity contribution in [2.45, 2.75) is 25.3 Å².